The highest BCUT2D eigenvalue weighted by Crippen LogP contribution is 2.32. The van der Waals surface area contributed by atoms with Crippen molar-refractivity contribution in [3.05, 3.63) is 28.2 Å². The van der Waals surface area contributed by atoms with Crippen molar-refractivity contribution in [2.75, 3.05) is 13.1 Å². The van der Waals surface area contributed by atoms with Gasteiger partial charge >= 0.3 is 0 Å². The molecule has 0 spiro atoms. The minimum atomic E-state index is -3.67. The molecule has 7 heteroatoms. The van der Waals surface area contributed by atoms with Crippen LogP contribution in [0.1, 0.15) is 6.92 Å². The Morgan fingerprint density at radius 3 is 2.47 bits per heavy atom. The van der Waals surface area contributed by atoms with Crippen LogP contribution in [-0.2, 0) is 10.0 Å². The predicted octanol–water partition coefficient (Wildman–Crippen LogP) is 1.75. The van der Waals surface area contributed by atoms with Gasteiger partial charge in [0.25, 0.3) is 0 Å². The van der Waals surface area contributed by atoms with Crippen molar-refractivity contribution < 1.29 is 13.5 Å². The van der Waals surface area contributed by atoms with Crippen LogP contribution in [0.3, 0.4) is 0 Å². The topological polar surface area (TPSA) is 57.6 Å². The highest BCUT2D eigenvalue weighted by molar-refractivity contribution is 7.89. The smallest absolute Gasteiger partial charge is 0.244 e. The van der Waals surface area contributed by atoms with Gasteiger partial charge in [-0.2, -0.15) is 4.31 Å². The molecule has 1 saturated heterocycles. The molecule has 94 valence electrons. The zero-order chi connectivity index (χ0) is 12.8. The molecule has 1 N–H and O–H groups in total. The minimum Gasteiger partial charge on any atom is -0.387 e. The van der Waals surface area contributed by atoms with Gasteiger partial charge in [-0.1, -0.05) is 23.2 Å². The van der Waals surface area contributed by atoms with Crippen LogP contribution in [0.5, 0.6) is 0 Å². The molecule has 0 aromatic heterocycles. The Labute approximate surface area is 110 Å². The van der Waals surface area contributed by atoms with Gasteiger partial charge in [-0.25, -0.2) is 8.42 Å². The highest BCUT2D eigenvalue weighted by atomic mass is 35.5. The third-order valence-corrected chi connectivity index (χ3v) is 5.05. The molecule has 1 fully saturated rings. The number of sulfonamides is 1. The molecule has 17 heavy (non-hydrogen) atoms. The van der Waals surface area contributed by atoms with Crippen LogP contribution in [0, 0.1) is 0 Å². The van der Waals surface area contributed by atoms with Gasteiger partial charge in [-0.15, -0.1) is 0 Å². The fourth-order valence-corrected chi connectivity index (χ4v) is 4.11. The lowest BCUT2D eigenvalue weighted by Gasteiger charge is -2.42. The zero-order valence-electron chi connectivity index (χ0n) is 9.02. The van der Waals surface area contributed by atoms with E-state index in [0.717, 1.165) is 0 Å². The van der Waals surface area contributed by atoms with Crippen molar-refractivity contribution >= 4 is 33.2 Å². The van der Waals surface area contributed by atoms with Crippen molar-refractivity contribution in [2.24, 2.45) is 0 Å². The second kappa shape index (κ2) is 4.10. The fraction of sp³-hybridized carbons (Fsp3) is 0.400. The van der Waals surface area contributed by atoms with Gasteiger partial charge < -0.3 is 5.11 Å². The van der Waals surface area contributed by atoms with Gasteiger partial charge in [-0.05, 0) is 25.1 Å². The summed E-state index contributed by atoms with van der Waals surface area (Å²) in [4.78, 5) is -0.0258. The van der Waals surface area contributed by atoms with E-state index in [9.17, 15) is 13.5 Å². The lowest BCUT2D eigenvalue weighted by atomic mass is 10.0. The molecule has 0 atom stereocenters. The summed E-state index contributed by atoms with van der Waals surface area (Å²) in [5.74, 6) is 0. The Bertz CT molecular complexity index is 549. The van der Waals surface area contributed by atoms with Crippen molar-refractivity contribution in [1.29, 1.82) is 0 Å². The lowest BCUT2D eigenvalue weighted by Crippen LogP contribution is -2.61. The molecule has 0 saturated carbocycles. The molecule has 1 aliphatic heterocycles. The molecule has 1 heterocycles. The summed E-state index contributed by atoms with van der Waals surface area (Å²) in [6.45, 7) is 1.72. The summed E-state index contributed by atoms with van der Waals surface area (Å²) in [6, 6.07) is 4.27. The number of aliphatic hydroxyl groups is 1. The minimum absolute atomic E-state index is 0.0258. The summed E-state index contributed by atoms with van der Waals surface area (Å²) in [6.07, 6.45) is 0. The quantitative estimate of drug-likeness (QED) is 0.904. The number of hydrogen-bond acceptors (Lipinski definition) is 3. The number of β-amino-alcohol motifs (C(OH)–C–C–N with tert-alkyl or cyclic N) is 1. The summed E-state index contributed by atoms with van der Waals surface area (Å²) in [7, 11) is -3.67. The van der Waals surface area contributed by atoms with Gasteiger partial charge in [0, 0.05) is 18.1 Å². The molecule has 4 nitrogen and oxygen atoms in total. The number of hydrogen-bond donors (Lipinski definition) is 1. The van der Waals surface area contributed by atoms with E-state index < -0.39 is 15.6 Å². The zero-order valence-corrected chi connectivity index (χ0v) is 11.3. The molecular formula is C10H11Cl2NO3S. The van der Waals surface area contributed by atoms with E-state index in [-0.39, 0.29) is 23.0 Å². The van der Waals surface area contributed by atoms with Crippen LogP contribution in [0.15, 0.2) is 23.1 Å². The number of halogens is 2. The molecule has 1 aromatic rings. The highest BCUT2D eigenvalue weighted by Gasteiger charge is 2.44. The van der Waals surface area contributed by atoms with E-state index in [4.69, 9.17) is 23.2 Å². The molecule has 0 amide bonds. The summed E-state index contributed by atoms with van der Waals surface area (Å²) >= 11 is 11.6. The molecule has 0 radical (unpaired) electrons. The number of benzene rings is 1. The van der Waals surface area contributed by atoms with Crippen molar-refractivity contribution in [2.45, 2.75) is 17.4 Å². The van der Waals surface area contributed by atoms with Crippen molar-refractivity contribution in [1.82, 2.24) is 4.31 Å². The third-order valence-electron chi connectivity index (χ3n) is 2.55. The second-order valence-corrected chi connectivity index (χ2v) is 7.09. The average molecular weight is 296 g/mol. The fourth-order valence-electron chi connectivity index (χ4n) is 1.70. The maximum absolute atomic E-state index is 12.1. The summed E-state index contributed by atoms with van der Waals surface area (Å²) in [5, 5.41) is 9.98. The first-order chi connectivity index (χ1) is 7.72. The molecular weight excluding hydrogens is 285 g/mol. The van der Waals surface area contributed by atoms with E-state index in [2.05, 4.69) is 0 Å². The Hall–Kier alpha value is -0.330. The molecule has 1 aromatic carbocycles. The molecule has 0 aliphatic carbocycles. The second-order valence-electron chi connectivity index (χ2n) is 4.34. The van der Waals surface area contributed by atoms with Gasteiger partial charge in [0.15, 0.2) is 0 Å². The standard InChI is InChI=1S/C10H11Cl2NO3S/c1-10(14)5-13(6-10)17(15,16)9-4-7(11)2-3-8(9)12/h2-4,14H,5-6H2,1H3. The lowest BCUT2D eigenvalue weighted by molar-refractivity contribution is -0.0426. The van der Waals surface area contributed by atoms with Gasteiger partial charge in [0.05, 0.1) is 10.6 Å². The molecule has 2 rings (SSSR count). The van der Waals surface area contributed by atoms with Crippen LogP contribution in [0.4, 0.5) is 0 Å². The van der Waals surface area contributed by atoms with Crippen LogP contribution < -0.4 is 0 Å². The molecule has 0 bridgehead atoms. The number of rotatable bonds is 2. The van der Waals surface area contributed by atoms with Gasteiger partial charge in [0.2, 0.25) is 10.0 Å². The normalized spacial score (nSPS) is 20.0. The average Bonchev–Trinajstić information content (AvgIpc) is 2.18. The van der Waals surface area contributed by atoms with E-state index in [1.165, 1.54) is 22.5 Å². The Kier molecular flexibility index (Phi) is 3.16. The third kappa shape index (κ3) is 2.44. The first-order valence-electron chi connectivity index (χ1n) is 4.90. The van der Waals surface area contributed by atoms with E-state index in [0.29, 0.717) is 5.02 Å². The van der Waals surface area contributed by atoms with Crippen LogP contribution in [0.2, 0.25) is 10.0 Å². The van der Waals surface area contributed by atoms with E-state index in [1.807, 2.05) is 0 Å². The van der Waals surface area contributed by atoms with E-state index >= 15 is 0 Å². The monoisotopic (exact) mass is 295 g/mol. The molecule has 1 aliphatic rings. The van der Waals surface area contributed by atoms with Crippen molar-refractivity contribution in [3.8, 4) is 0 Å². The summed E-state index contributed by atoms with van der Waals surface area (Å²) in [5.41, 5.74) is -0.960. The first kappa shape index (κ1) is 13.1. The van der Waals surface area contributed by atoms with Crippen LogP contribution >= 0.6 is 23.2 Å². The van der Waals surface area contributed by atoms with E-state index in [1.54, 1.807) is 6.92 Å². The number of nitrogens with zero attached hydrogens (tertiary/aromatic N) is 1. The Balaban J connectivity index is 2.36. The maximum Gasteiger partial charge on any atom is 0.244 e. The van der Waals surface area contributed by atoms with Crippen molar-refractivity contribution in [3.63, 3.8) is 0 Å². The Morgan fingerprint density at radius 1 is 1.35 bits per heavy atom. The van der Waals surface area contributed by atoms with Crippen LogP contribution in [0.25, 0.3) is 0 Å². The summed E-state index contributed by atoms with van der Waals surface area (Å²) < 4.78 is 25.5. The van der Waals surface area contributed by atoms with Gasteiger partial charge in [0.1, 0.15) is 4.90 Å². The Morgan fingerprint density at radius 2 is 1.94 bits per heavy atom. The largest absolute Gasteiger partial charge is 0.387 e. The van der Waals surface area contributed by atoms with Gasteiger partial charge in [-0.3, -0.25) is 0 Å². The van der Waals surface area contributed by atoms with Crippen LogP contribution in [-0.4, -0.2) is 36.5 Å². The first-order valence-corrected chi connectivity index (χ1v) is 7.10. The maximum atomic E-state index is 12.1. The molecule has 0 unspecified atom stereocenters. The SMILES string of the molecule is CC1(O)CN(S(=O)(=O)c2cc(Cl)ccc2Cl)C1. The predicted molar refractivity (Wildman–Crippen MR) is 65.8 cm³/mol.